The fourth-order valence-corrected chi connectivity index (χ4v) is 7.54. The Morgan fingerprint density at radius 1 is 0.328 bits per heavy atom. The van der Waals surface area contributed by atoms with E-state index in [4.69, 9.17) is 47.4 Å². The molecular formula is C53H52O11. The third kappa shape index (κ3) is 11.7. The van der Waals surface area contributed by atoms with E-state index in [0.717, 1.165) is 82.8 Å². The molecule has 64 heavy (non-hydrogen) atoms. The highest BCUT2D eigenvalue weighted by molar-refractivity contribution is 5.48. The third-order valence-electron chi connectivity index (χ3n) is 11.5. The molecule has 4 unspecified atom stereocenters. The molecule has 6 aromatic carbocycles. The van der Waals surface area contributed by atoms with E-state index in [9.17, 15) is 5.11 Å². The van der Waals surface area contributed by atoms with Crippen LogP contribution in [0.15, 0.2) is 146 Å². The summed E-state index contributed by atoms with van der Waals surface area (Å²) in [4.78, 5) is 0. The van der Waals surface area contributed by atoms with Crippen molar-refractivity contribution in [3.8, 4) is 34.5 Å². The number of aliphatic hydroxyl groups is 1. The van der Waals surface area contributed by atoms with Crippen LogP contribution in [0.25, 0.3) is 0 Å². The van der Waals surface area contributed by atoms with Crippen molar-refractivity contribution in [1.82, 2.24) is 0 Å². The number of hydrogen-bond acceptors (Lipinski definition) is 11. The van der Waals surface area contributed by atoms with E-state index < -0.39 is 6.10 Å². The molecule has 10 rings (SSSR count). The van der Waals surface area contributed by atoms with Gasteiger partial charge in [0.1, 0.15) is 105 Å². The minimum atomic E-state index is -0.848. The zero-order valence-electron chi connectivity index (χ0n) is 35.5. The molecule has 0 saturated carbocycles. The fraction of sp³-hybridized carbons (Fsp3) is 0.321. The lowest BCUT2D eigenvalue weighted by Gasteiger charge is -2.21. The Bertz CT molecular complexity index is 2080. The molecule has 6 aromatic rings. The molecule has 330 valence electrons. The highest BCUT2D eigenvalue weighted by Crippen LogP contribution is 2.37. The molecule has 11 nitrogen and oxygen atoms in total. The van der Waals surface area contributed by atoms with E-state index in [0.29, 0.717) is 37.9 Å². The minimum Gasteiger partial charge on any atom is -0.491 e. The molecule has 0 radical (unpaired) electrons. The van der Waals surface area contributed by atoms with Gasteiger partial charge in [-0.2, -0.15) is 0 Å². The summed E-state index contributed by atoms with van der Waals surface area (Å²) < 4.78 is 56.9. The largest absolute Gasteiger partial charge is 0.491 e. The molecule has 4 aliphatic heterocycles. The number of benzene rings is 6. The standard InChI is InChI=1S/C53H52O11/c54-41(25-55-42-13-1-35(2-14-42)52(37-5-17-44(18-6-37)57-27-48-31-61-48)38-7-19-45(20-8-38)58-28-49-32-62-49)26-56-43-15-3-36(4-16-43)53(39-9-21-46(22-10-39)59-29-50-33-63-50)40-11-23-47(24-12-40)60-30-51-34-64-51/h1-24,41,48-54H,25-34H2. The Morgan fingerprint density at radius 2 is 0.516 bits per heavy atom. The first-order valence-electron chi connectivity index (χ1n) is 22.1. The van der Waals surface area contributed by atoms with Gasteiger partial charge in [0, 0.05) is 11.8 Å². The number of epoxide rings is 4. The number of hydrogen-bond donors (Lipinski definition) is 1. The van der Waals surface area contributed by atoms with Gasteiger partial charge in [0.2, 0.25) is 0 Å². The molecule has 4 fully saturated rings. The maximum Gasteiger partial charge on any atom is 0.122 e. The van der Waals surface area contributed by atoms with Crippen LogP contribution in [0.2, 0.25) is 0 Å². The zero-order valence-corrected chi connectivity index (χ0v) is 35.5. The summed E-state index contributed by atoms with van der Waals surface area (Å²) in [6, 6.07) is 49.0. The Morgan fingerprint density at radius 3 is 0.703 bits per heavy atom. The van der Waals surface area contributed by atoms with Crippen LogP contribution in [0.4, 0.5) is 0 Å². The normalized spacial score (nSPS) is 20.6. The molecule has 1 N–H and O–H groups in total. The molecule has 4 saturated heterocycles. The van der Waals surface area contributed by atoms with Gasteiger partial charge in [-0.1, -0.05) is 72.8 Å². The van der Waals surface area contributed by atoms with Gasteiger partial charge < -0.3 is 52.5 Å². The Hall–Kier alpha value is -6.08. The summed E-state index contributed by atoms with van der Waals surface area (Å²) in [7, 11) is 0. The van der Waals surface area contributed by atoms with Crippen LogP contribution in [-0.2, 0) is 18.9 Å². The molecule has 0 aromatic heterocycles. The predicted octanol–water partition coefficient (Wildman–Crippen LogP) is 7.98. The van der Waals surface area contributed by atoms with E-state index in [1.807, 2.05) is 72.8 Å². The number of aliphatic hydroxyl groups excluding tert-OH is 1. The van der Waals surface area contributed by atoms with E-state index >= 15 is 0 Å². The lowest BCUT2D eigenvalue weighted by Crippen LogP contribution is -2.25. The average molecular weight is 865 g/mol. The zero-order chi connectivity index (χ0) is 43.1. The van der Waals surface area contributed by atoms with Crippen molar-refractivity contribution in [3.63, 3.8) is 0 Å². The van der Waals surface area contributed by atoms with Gasteiger partial charge in [0.25, 0.3) is 0 Å². The van der Waals surface area contributed by atoms with Crippen LogP contribution < -0.4 is 28.4 Å². The molecule has 0 bridgehead atoms. The lowest BCUT2D eigenvalue weighted by molar-refractivity contribution is 0.0626. The summed E-state index contributed by atoms with van der Waals surface area (Å²) in [6.07, 6.45) is -0.0737. The van der Waals surface area contributed by atoms with Gasteiger partial charge in [-0.3, -0.25) is 0 Å². The molecule has 4 atom stereocenters. The Labute approximate surface area is 373 Å². The van der Waals surface area contributed by atoms with Crippen molar-refractivity contribution in [2.75, 3.05) is 66.1 Å². The summed E-state index contributed by atoms with van der Waals surface area (Å²) in [6.45, 7) is 5.40. The monoisotopic (exact) mass is 864 g/mol. The first kappa shape index (κ1) is 41.9. The van der Waals surface area contributed by atoms with Gasteiger partial charge in [0.05, 0.1) is 26.4 Å². The van der Waals surface area contributed by atoms with Crippen molar-refractivity contribution in [2.45, 2.75) is 42.4 Å². The van der Waals surface area contributed by atoms with Crippen LogP contribution in [0.5, 0.6) is 34.5 Å². The van der Waals surface area contributed by atoms with Gasteiger partial charge in [-0.05, 0) is 106 Å². The first-order chi connectivity index (χ1) is 31.5. The molecule has 11 heteroatoms. The van der Waals surface area contributed by atoms with Crippen molar-refractivity contribution in [1.29, 1.82) is 0 Å². The fourth-order valence-electron chi connectivity index (χ4n) is 7.54. The quantitative estimate of drug-likeness (QED) is 0.0471. The minimum absolute atomic E-state index is 0.0447. The van der Waals surface area contributed by atoms with Gasteiger partial charge in [-0.15, -0.1) is 0 Å². The molecule has 0 aliphatic carbocycles. The number of rotatable bonds is 24. The first-order valence-corrected chi connectivity index (χ1v) is 22.1. The molecular weight excluding hydrogens is 813 g/mol. The Kier molecular flexibility index (Phi) is 12.9. The van der Waals surface area contributed by atoms with Crippen LogP contribution in [-0.4, -0.2) is 102 Å². The number of ether oxygens (including phenoxy) is 10. The van der Waals surface area contributed by atoms with Crippen molar-refractivity contribution >= 4 is 0 Å². The molecule has 0 amide bonds. The van der Waals surface area contributed by atoms with E-state index in [1.54, 1.807) is 0 Å². The maximum absolute atomic E-state index is 10.9. The lowest BCUT2D eigenvalue weighted by atomic mass is 9.85. The second-order valence-electron chi connectivity index (χ2n) is 16.6. The van der Waals surface area contributed by atoms with Gasteiger partial charge in [0.15, 0.2) is 0 Å². The molecule has 4 aliphatic rings. The van der Waals surface area contributed by atoms with Crippen molar-refractivity contribution in [2.24, 2.45) is 0 Å². The van der Waals surface area contributed by atoms with Crippen molar-refractivity contribution in [3.05, 3.63) is 179 Å². The van der Waals surface area contributed by atoms with Crippen LogP contribution in [0.3, 0.4) is 0 Å². The third-order valence-corrected chi connectivity index (χ3v) is 11.5. The highest BCUT2D eigenvalue weighted by Gasteiger charge is 2.26. The van der Waals surface area contributed by atoms with Crippen molar-refractivity contribution < 1.29 is 52.5 Å². The Balaban J connectivity index is 0.760. The topological polar surface area (TPSA) is 126 Å². The maximum atomic E-state index is 10.9. The van der Waals surface area contributed by atoms with Gasteiger partial charge in [-0.25, -0.2) is 0 Å². The second-order valence-corrected chi connectivity index (χ2v) is 16.6. The summed E-state index contributed by atoms with van der Waals surface area (Å²) in [5, 5.41) is 10.9. The summed E-state index contributed by atoms with van der Waals surface area (Å²) >= 11 is 0. The summed E-state index contributed by atoms with van der Waals surface area (Å²) in [5.74, 6) is 4.47. The van der Waals surface area contributed by atoms with Crippen LogP contribution >= 0.6 is 0 Å². The SMILES string of the molecule is OC(COc1ccc(C(c2ccc(OCC3CO3)cc2)c2ccc(OCC3CO3)cc2)cc1)COc1ccc(C(c2ccc(OCC3CO3)cc2)c2ccc(OCC3CO3)cc2)cc1. The van der Waals surface area contributed by atoms with E-state index in [1.165, 1.54) is 0 Å². The van der Waals surface area contributed by atoms with Crippen LogP contribution in [0, 0.1) is 0 Å². The van der Waals surface area contributed by atoms with E-state index in [2.05, 4.69) is 72.8 Å². The van der Waals surface area contributed by atoms with Gasteiger partial charge >= 0.3 is 0 Å². The second kappa shape index (κ2) is 19.8. The van der Waals surface area contributed by atoms with Crippen LogP contribution in [0.1, 0.15) is 45.2 Å². The smallest absolute Gasteiger partial charge is 0.122 e. The average Bonchev–Trinajstić information content (AvgIpc) is 4.13. The molecule has 0 spiro atoms. The van der Waals surface area contributed by atoms with E-state index in [-0.39, 0.29) is 49.5 Å². The molecule has 4 heterocycles. The summed E-state index contributed by atoms with van der Waals surface area (Å²) in [5.41, 5.74) is 6.69. The predicted molar refractivity (Wildman–Crippen MR) is 238 cm³/mol. The highest BCUT2D eigenvalue weighted by atomic mass is 16.6.